The Morgan fingerprint density at radius 2 is 2.00 bits per heavy atom. The molecule has 1 aliphatic carbocycles. The zero-order valence-electron chi connectivity index (χ0n) is 8.93. The SMILES string of the molecule is CC(CC#N)NCC1(C(C)C)CC1. The zero-order chi connectivity index (χ0) is 9.90. The molecule has 1 saturated carbocycles. The van der Waals surface area contributed by atoms with Gasteiger partial charge >= 0.3 is 0 Å². The summed E-state index contributed by atoms with van der Waals surface area (Å²) in [6, 6.07) is 2.54. The van der Waals surface area contributed by atoms with Crippen LogP contribution in [0.2, 0.25) is 0 Å². The van der Waals surface area contributed by atoms with E-state index in [4.69, 9.17) is 5.26 Å². The summed E-state index contributed by atoms with van der Waals surface area (Å²) in [6.07, 6.45) is 3.34. The Morgan fingerprint density at radius 1 is 1.38 bits per heavy atom. The van der Waals surface area contributed by atoms with E-state index < -0.39 is 0 Å². The molecule has 2 nitrogen and oxygen atoms in total. The summed E-state index contributed by atoms with van der Waals surface area (Å²) in [4.78, 5) is 0. The molecule has 0 radical (unpaired) electrons. The first-order valence-corrected chi connectivity index (χ1v) is 5.21. The molecule has 1 aliphatic rings. The highest BCUT2D eigenvalue weighted by molar-refractivity contribution is 4.97. The summed E-state index contributed by atoms with van der Waals surface area (Å²) >= 11 is 0. The minimum atomic E-state index is 0.348. The first kappa shape index (κ1) is 10.5. The molecule has 0 aromatic rings. The number of hydrogen-bond donors (Lipinski definition) is 1. The van der Waals surface area contributed by atoms with E-state index in [1.54, 1.807) is 0 Å². The predicted octanol–water partition coefficient (Wildman–Crippen LogP) is 2.31. The first-order chi connectivity index (χ1) is 6.10. The van der Waals surface area contributed by atoms with Crippen molar-refractivity contribution in [2.75, 3.05) is 6.54 Å². The third kappa shape index (κ3) is 2.70. The van der Waals surface area contributed by atoms with E-state index in [1.165, 1.54) is 12.8 Å². The van der Waals surface area contributed by atoms with Crippen molar-refractivity contribution in [2.45, 2.75) is 46.1 Å². The highest BCUT2D eigenvalue weighted by Gasteiger charge is 2.44. The Hall–Kier alpha value is -0.550. The van der Waals surface area contributed by atoms with Crippen LogP contribution in [0, 0.1) is 22.7 Å². The van der Waals surface area contributed by atoms with Crippen molar-refractivity contribution in [3.8, 4) is 6.07 Å². The van der Waals surface area contributed by atoms with E-state index in [0.29, 0.717) is 17.9 Å². The fraction of sp³-hybridized carbons (Fsp3) is 0.909. The maximum atomic E-state index is 8.50. The van der Waals surface area contributed by atoms with E-state index in [9.17, 15) is 0 Å². The topological polar surface area (TPSA) is 35.8 Å². The molecule has 0 amide bonds. The Bertz CT molecular complexity index is 199. The normalized spacial score (nSPS) is 21.2. The molecule has 13 heavy (non-hydrogen) atoms. The number of hydrogen-bond acceptors (Lipinski definition) is 2. The second kappa shape index (κ2) is 4.11. The smallest absolute Gasteiger partial charge is 0.0638 e. The van der Waals surface area contributed by atoms with Gasteiger partial charge in [-0.15, -0.1) is 0 Å². The van der Waals surface area contributed by atoms with Gasteiger partial charge in [0.05, 0.1) is 12.5 Å². The van der Waals surface area contributed by atoms with Crippen LogP contribution >= 0.6 is 0 Å². The van der Waals surface area contributed by atoms with Gasteiger partial charge in [-0.3, -0.25) is 0 Å². The molecule has 0 bridgehead atoms. The van der Waals surface area contributed by atoms with Crippen LogP contribution in [0.25, 0.3) is 0 Å². The Morgan fingerprint density at radius 3 is 2.38 bits per heavy atom. The van der Waals surface area contributed by atoms with E-state index in [0.717, 1.165) is 12.5 Å². The molecular weight excluding hydrogens is 160 g/mol. The lowest BCUT2D eigenvalue weighted by Crippen LogP contribution is -2.33. The van der Waals surface area contributed by atoms with Gasteiger partial charge in [0.1, 0.15) is 0 Å². The van der Waals surface area contributed by atoms with Gasteiger partial charge in [-0.1, -0.05) is 13.8 Å². The molecule has 1 rings (SSSR count). The zero-order valence-corrected chi connectivity index (χ0v) is 8.93. The number of nitriles is 1. The van der Waals surface area contributed by atoms with Crippen LogP contribution in [-0.2, 0) is 0 Å². The summed E-state index contributed by atoms with van der Waals surface area (Å²) in [5, 5.41) is 11.9. The van der Waals surface area contributed by atoms with Crippen molar-refractivity contribution in [1.29, 1.82) is 5.26 Å². The van der Waals surface area contributed by atoms with Gasteiger partial charge in [-0.2, -0.15) is 5.26 Å². The second-order valence-electron chi connectivity index (χ2n) is 4.66. The lowest BCUT2D eigenvalue weighted by molar-refractivity contribution is 0.324. The third-order valence-electron chi connectivity index (χ3n) is 3.32. The van der Waals surface area contributed by atoms with Gasteiger partial charge in [-0.25, -0.2) is 0 Å². The van der Waals surface area contributed by atoms with Crippen LogP contribution in [-0.4, -0.2) is 12.6 Å². The highest BCUT2D eigenvalue weighted by atomic mass is 14.9. The highest BCUT2D eigenvalue weighted by Crippen LogP contribution is 2.51. The molecule has 74 valence electrons. The number of rotatable bonds is 5. The van der Waals surface area contributed by atoms with Crippen LogP contribution < -0.4 is 5.32 Å². The van der Waals surface area contributed by atoms with Gasteiger partial charge in [0.2, 0.25) is 0 Å². The third-order valence-corrected chi connectivity index (χ3v) is 3.32. The van der Waals surface area contributed by atoms with Crippen LogP contribution in [0.1, 0.15) is 40.0 Å². The van der Waals surface area contributed by atoms with Gasteiger partial charge in [0.15, 0.2) is 0 Å². The van der Waals surface area contributed by atoms with Crippen molar-refractivity contribution >= 4 is 0 Å². The lowest BCUT2D eigenvalue weighted by Gasteiger charge is -2.22. The molecule has 1 unspecified atom stereocenters. The van der Waals surface area contributed by atoms with Crippen LogP contribution in [0.4, 0.5) is 0 Å². The maximum absolute atomic E-state index is 8.50. The minimum Gasteiger partial charge on any atom is -0.313 e. The molecule has 0 spiro atoms. The molecule has 0 aromatic carbocycles. The molecule has 2 heteroatoms. The predicted molar refractivity (Wildman–Crippen MR) is 54.2 cm³/mol. The molecule has 1 N–H and O–H groups in total. The van der Waals surface area contributed by atoms with Gasteiger partial charge in [-0.05, 0) is 31.1 Å². The number of nitrogens with zero attached hydrogens (tertiary/aromatic N) is 1. The van der Waals surface area contributed by atoms with Crippen molar-refractivity contribution in [2.24, 2.45) is 11.3 Å². The summed E-state index contributed by atoms with van der Waals surface area (Å²) in [5.41, 5.74) is 0.559. The summed E-state index contributed by atoms with van der Waals surface area (Å²) in [5.74, 6) is 0.772. The summed E-state index contributed by atoms with van der Waals surface area (Å²) in [6.45, 7) is 7.76. The molecule has 0 saturated heterocycles. The van der Waals surface area contributed by atoms with Crippen molar-refractivity contribution in [3.05, 3.63) is 0 Å². The Balaban J connectivity index is 2.23. The number of nitrogens with one attached hydrogen (secondary N) is 1. The molecule has 0 aliphatic heterocycles. The fourth-order valence-electron chi connectivity index (χ4n) is 1.71. The van der Waals surface area contributed by atoms with Crippen LogP contribution in [0.5, 0.6) is 0 Å². The summed E-state index contributed by atoms with van der Waals surface area (Å²) < 4.78 is 0. The van der Waals surface area contributed by atoms with Gasteiger partial charge in [0.25, 0.3) is 0 Å². The Labute approximate surface area is 81.3 Å². The molecule has 1 fully saturated rings. The van der Waals surface area contributed by atoms with E-state index in [1.807, 2.05) is 0 Å². The van der Waals surface area contributed by atoms with E-state index in [2.05, 4.69) is 32.2 Å². The van der Waals surface area contributed by atoms with Gasteiger partial charge < -0.3 is 5.32 Å². The molecule has 0 aromatic heterocycles. The standard InChI is InChI=1S/C11H20N2/c1-9(2)11(5-6-11)8-13-10(3)4-7-12/h9-10,13H,4-6,8H2,1-3H3. The largest absolute Gasteiger partial charge is 0.313 e. The van der Waals surface area contributed by atoms with Crippen LogP contribution in [0.15, 0.2) is 0 Å². The van der Waals surface area contributed by atoms with E-state index in [-0.39, 0.29) is 0 Å². The second-order valence-corrected chi connectivity index (χ2v) is 4.66. The summed E-state index contributed by atoms with van der Waals surface area (Å²) in [7, 11) is 0. The Kier molecular flexibility index (Phi) is 3.33. The average molecular weight is 180 g/mol. The monoisotopic (exact) mass is 180 g/mol. The lowest BCUT2D eigenvalue weighted by atomic mass is 9.92. The minimum absolute atomic E-state index is 0.348. The van der Waals surface area contributed by atoms with Gasteiger partial charge in [0, 0.05) is 12.6 Å². The fourth-order valence-corrected chi connectivity index (χ4v) is 1.71. The average Bonchev–Trinajstić information content (AvgIpc) is 2.82. The van der Waals surface area contributed by atoms with E-state index >= 15 is 0 Å². The molecule has 0 heterocycles. The van der Waals surface area contributed by atoms with Crippen molar-refractivity contribution < 1.29 is 0 Å². The maximum Gasteiger partial charge on any atom is 0.0638 e. The quantitative estimate of drug-likeness (QED) is 0.704. The van der Waals surface area contributed by atoms with Crippen molar-refractivity contribution in [3.63, 3.8) is 0 Å². The molecular formula is C11H20N2. The molecule has 1 atom stereocenters. The van der Waals surface area contributed by atoms with Crippen LogP contribution in [0.3, 0.4) is 0 Å². The first-order valence-electron chi connectivity index (χ1n) is 5.21. The van der Waals surface area contributed by atoms with Crippen molar-refractivity contribution in [1.82, 2.24) is 5.32 Å².